The third kappa shape index (κ3) is 6.91. The summed E-state index contributed by atoms with van der Waals surface area (Å²) in [5.74, 6) is 5.19. The first-order chi connectivity index (χ1) is 17.2. The molecule has 2 aliphatic rings. The average Bonchev–Trinajstić information content (AvgIpc) is 3.31. The Morgan fingerprint density at radius 2 is 1.67 bits per heavy atom. The molecule has 1 saturated carbocycles. The molecule has 0 radical (unpaired) electrons. The number of terminal acetylenes is 1. The zero-order chi connectivity index (χ0) is 25.7. The number of allylic oxidation sites excluding steroid dienone is 5. The summed E-state index contributed by atoms with van der Waals surface area (Å²) in [6.45, 7) is 14.0. The second-order valence-electron chi connectivity index (χ2n) is 12.5. The van der Waals surface area contributed by atoms with E-state index in [0.29, 0.717) is 23.2 Å². The lowest BCUT2D eigenvalue weighted by molar-refractivity contribution is 0.249. The third-order valence-electron chi connectivity index (χ3n) is 8.27. The van der Waals surface area contributed by atoms with E-state index in [1.165, 1.54) is 66.4 Å². The van der Waals surface area contributed by atoms with Crippen LogP contribution in [0.2, 0.25) is 0 Å². The van der Waals surface area contributed by atoms with Crippen LogP contribution in [0, 0.1) is 35.5 Å². The summed E-state index contributed by atoms with van der Waals surface area (Å²) in [4.78, 5) is 0. The molecule has 0 spiro atoms. The van der Waals surface area contributed by atoms with Gasteiger partial charge in [0.05, 0.1) is 0 Å². The fourth-order valence-electron chi connectivity index (χ4n) is 6.05. The molecule has 2 aromatic rings. The molecule has 0 heterocycles. The van der Waals surface area contributed by atoms with Crippen molar-refractivity contribution in [3.8, 4) is 12.3 Å². The Kier molecular flexibility index (Phi) is 8.41. The van der Waals surface area contributed by atoms with E-state index >= 15 is 0 Å². The van der Waals surface area contributed by atoms with Gasteiger partial charge < -0.3 is 0 Å². The number of hydrogen-bond donors (Lipinski definition) is 0. The van der Waals surface area contributed by atoms with Gasteiger partial charge in [-0.15, -0.1) is 6.42 Å². The Morgan fingerprint density at radius 1 is 1.00 bits per heavy atom. The molecule has 36 heavy (non-hydrogen) atoms. The third-order valence-corrected chi connectivity index (χ3v) is 8.27. The van der Waals surface area contributed by atoms with Crippen molar-refractivity contribution in [3.63, 3.8) is 0 Å². The first-order valence-corrected chi connectivity index (χ1v) is 14.0. The van der Waals surface area contributed by atoms with Gasteiger partial charge in [0.2, 0.25) is 0 Å². The van der Waals surface area contributed by atoms with Crippen molar-refractivity contribution in [1.82, 2.24) is 0 Å². The second-order valence-corrected chi connectivity index (χ2v) is 12.5. The maximum Gasteiger partial charge on any atom is 0.0242 e. The van der Waals surface area contributed by atoms with Crippen LogP contribution in [-0.4, -0.2) is 0 Å². The Balaban J connectivity index is 1.46. The molecule has 2 aliphatic carbocycles. The van der Waals surface area contributed by atoms with Crippen LogP contribution >= 0.6 is 0 Å². The first kappa shape index (κ1) is 26.3. The molecule has 4 rings (SSSR count). The van der Waals surface area contributed by atoms with Crippen molar-refractivity contribution in [2.45, 2.75) is 78.6 Å². The normalized spacial score (nSPS) is 22.6. The van der Waals surface area contributed by atoms with Gasteiger partial charge in [0.15, 0.2) is 0 Å². The van der Waals surface area contributed by atoms with Crippen LogP contribution in [-0.2, 0) is 6.42 Å². The molecule has 2 unspecified atom stereocenters. The lowest BCUT2D eigenvalue weighted by atomic mass is 9.69. The molecule has 0 amide bonds. The van der Waals surface area contributed by atoms with Gasteiger partial charge in [0.25, 0.3) is 0 Å². The quantitative estimate of drug-likeness (QED) is 0.263. The van der Waals surface area contributed by atoms with Crippen LogP contribution in [0.5, 0.6) is 0 Å². The van der Waals surface area contributed by atoms with Gasteiger partial charge in [-0.25, -0.2) is 0 Å². The molecule has 188 valence electrons. The minimum absolute atomic E-state index is 0.335. The lowest BCUT2D eigenvalue weighted by Gasteiger charge is -2.36. The zero-order valence-corrected chi connectivity index (χ0v) is 22.9. The van der Waals surface area contributed by atoms with Crippen molar-refractivity contribution in [3.05, 3.63) is 101 Å². The smallest absolute Gasteiger partial charge is 0.0242 e. The van der Waals surface area contributed by atoms with E-state index < -0.39 is 0 Å². The van der Waals surface area contributed by atoms with E-state index in [1.54, 1.807) is 0 Å². The molecular formula is C36H44. The van der Waals surface area contributed by atoms with Crippen LogP contribution in [0.1, 0.15) is 94.4 Å². The van der Waals surface area contributed by atoms with Gasteiger partial charge in [-0.2, -0.15) is 0 Å². The molecule has 0 bridgehead atoms. The summed E-state index contributed by atoms with van der Waals surface area (Å²) >= 11 is 0. The van der Waals surface area contributed by atoms with Gasteiger partial charge >= 0.3 is 0 Å². The summed E-state index contributed by atoms with van der Waals surface area (Å²) < 4.78 is 0. The van der Waals surface area contributed by atoms with Crippen LogP contribution in [0.25, 0.3) is 5.57 Å². The van der Waals surface area contributed by atoms with E-state index in [2.05, 4.69) is 107 Å². The number of hydrogen-bond acceptors (Lipinski definition) is 0. The highest BCUT2D eigenvalue weighted by molar-refractivity contribution is 5.76. The SMILES string of the molecule is C#Cc1ccc(CC2CCC(C(C(=C)CCC(C)(C)C)c3ccc(C4=CC(C)C=C4)cc3)CC2)cc1. The lowest BCUT2D eigenvalue weighted by Crippen LogP contribution is -2.23. The summed E-state index contributed by atoms with van der Waals surface area (Å²) in [5.41, 5.74) is 8.30. The fourth-order valence-corrected chi connectivity index (χ4v) is 6.05. The number of rotatable bonds is 8. The summed E-state index contributed by atoms with van der Waals surface area (Å²) in [7, 11) is 0. The highest BCUT2D eigenvalue weighted by atomic mass is 14.4. The van der Waals surface area contributed by atoms with Gasteiger partial charge in [-0.3, -0.25) is 0 Å². The predicted octanol–water partition coefficient (Wildman–Crippen LogP) is 9.77. The van der Waals surface area contributed by atoms with Crippen molar-refractivity contribution in [2.24, 2.45) is 23.2 Å². The Labute approximate surface area is 220 Å². The van der Waals surface area contributed by atoms with E-state index in [1.807, 2.05) is 0 Å². The molecule has 0 aliphatic heterocycles. The highest BCUT2D eigenvalue weighted by Gasteiger charge is 2.31. The molecule has 0 nitrogen and oxygen atoms in total. The van der Waals surface area contributed by atoms with Gasteiger partial charge in [-0.1, -0.05) is 100 Å². The molecule has 2 atom stereocenters. The van der Waals surface area contributed by atoms with Crippen LogP contribution in [0.15, 0.2) is 78.9 Å². The van der Waals surface area contributed by atoms with Gasteiger partial charge in [-0.05, 0) is 103 Å². The van der Waals surface area contributed by atoms with E-state index in [9.17, 15) is 0 Å². The highest BCUT2D eigenvalue weighted by Crippen LogP contribution is 2.44. The molecule has 0 aromatic heterocycles. The summed E-state index contributed by atoms with van der Waals surface area (Å²) in [6.07, 6.45) is 21.1. The largest absolute Gasteiger partial charge is 0.115 e. The van der Waals surface area contributed by atoms with Crippen molar-refractivity contribution in [1.29, 1.82) is 0 Å². The van der Waals surface area contributed by atoms with Gasteiger partial charge in [0.1, 0.15) is 0 Å². The second kappa shape index (κ2) is 11.5. The minimum Gasteiger partial charge on any atom is -0.115 e. The van der Waals surface area contributed by atoms with Gasteiger partial charge in [0, 0.05) is 11.5 Å². The maximum absolute atomic E-state index is 5.53. The van der Waals surface area contributed by atoms with E-state index in [0.717, 1.165) is 17.9 Å². The monoisotopic (exact) mass is 476 g/mol. The molecule has 0 N–H and O–H groups in total. The predicted molar refractivity (Wildman–Crippen MR) is 157 cm³/mol. The molecule has 1 fully saturated rings. The summed E-state index contributed by atoms with van der Waals surface area (Å²) in [6, 6.07) is 18.0. The first-order valence-electron chi connectivity index (χ1n) is 14.0. The zero-order valence-electron chi connectivity index (χ0n) is 22.9. The van der Waals surface area contributed by atoms with E-state index in [-0.39, 0.29) is 0 Å². The average molecular weight is 477 g/mol. The minimum atomic E-state index is 0.335. The topological polar surface area (TPSA) is 0 Å². The summed E-state index contributed by atoms with van der Waals surface area (Å²) in [5, 5.41) is 0. The Hall–Kier alpha value is -2.78. The Bertz CT molecular complexity index is 1120. The van der Waals surface area contributed by atoms with Crippen molar-refractivity contribution in [2.75, 3.05) is 0 Å². The van der Waals surface area contributed by atoms with Crippen LogP contribution < -0.4 is 0 Å². The maximum atomic E-state index is 5.53. The molecular weight excluding hydrogens is 432 g/mol. The standard InChI is InChI=1S/C36H44/c1-7-28-9-11-29(12-10-28)25-30-13-16-32(17-14-30)35(27(3)22-23-36(4,5)6)33-20-18-31(19-21-33)34-15-8-26(2)24-34/h1,8-12,15,18-21,24,26,30,32,35H,3,13-14,16-17,22-23,25H2,2,4-6H3. The Morgan fingerprint density at radius 3 is 2.22 bits per heavy atom. The fraction of sp³-hybridized carbons (Fsp3) is 0.444. The van der Waals surface area contributed by atoms with Crippen molar-refractivity contribution >= 4 is 5.57 Å². The molecule has 2 aromatic carbocycles. The van der Waals surface area contributed by atoms with E-state index in [4.69, 9.17) is 6.42 Å². The van der Waals surface area contributed by atoms with Crippen LogP contribution in [0.4, 0.5) is 0 Å². The van der Waals surface area contributed by atoms with Crippen molar-refractivity contribution < 1.29 is 0 Å². The molecule has 0 saturated heterocycles. The number of benzene rings is 2. The molecule has 0 heteroatoms. The van der Waals surface area contributed by atoms with Crippen LogP contribution in [0.3, 0.4) is 0 Å².